The number of amides is 1. The van der Waals surface area contributed by atoms with Crippen LogP contribution >= 0.6 is 0 Å². The van der Waals surface area contributed by atoms with Gasteiger partial charge in [-0.1, -0.05) is 41.5 Å². The van der Waals surface area contributed by atoms with Gasteiger partial charge in [0, 0.05) is 6.54 Å². The summed E-state index contributed by atoms with van der Waals surface area (Å²) in [6.45, 7) is 4.23. The topological polar surface area (TPSA) is 29.1 Å². The maximum absolute atomic E-state index is 13.5. The molecule has 0 spiro atoms. The molecule has 0 aliphatic rings. The minimum Gasteiger partial charge on any atom is -0.348 e. The Balaban J connectivity index is 2.05. The monoisotopic (exact) mass is 257 g/mol. The van der Waals surface area contributed by atoms with Crippen molar-refractivity contribution in [2.45, 2.75) is 20.4 Å². The second kappa shape index (κ2) is 5.65. The van der Waals surface area contributed by atoms with Gasteiger partial charge in [0.05, 0.1) is 5.56 Å². The molecule has 3 heteroatoms. The van der Waals surface area contributed by atoms with Gasteiger partial charge >= 0.3 is 0 Å². The standard InChI is InChI=1S/C16H16FNO/c1-11-3-6-13(7-4-11)10-18-16(19)14-9-12(2)5-8-15(14)17/h3-9H,10H2,1-2H3,(H,18,19). The van der Waals surface area contributed by atoms with E-state index in [1.54, 1.807) is 12.1 Å². The molecule has 0 heterocycles. The summed E-state index contributed by atoms with van der Waals surface area (Å²) in [6.07, 6.45) is 0. The number of carbonyl (C=O) groups excluding carboxylic acids is 1. The van der Waals surface area contributed by atoms with Crippen LogP contribution < -0.4 is 5.32 Å². The predicted octanol–water partition coefficient (Wildman–Crippen LogP) is 3.37. The van der Waals surface area contributed by atoms with E-state index in [-0.39, 0.29) is 11.5 Å². The molecule has 2 rings (SSSR count). The molecule has 2 nitrogen and oxygen atoms in total. The van der Waals surface area contributed by atoms with E-state index in [2.05, 4.69) is 5.32 Å². The summed E-state index contributed by atoms with van der Waals surface area (Å²) < 4.78 is 13.5. The van der Waals surface area contributed by atoms with E-state index in [0.29, 0.717) is 6.54 Å². The molecule has 0 fully saturated rings. The molecule has 1 amide bonds. The molecule has 0 saturated heterocycles. The van der Waals surface area contributed by atoms with Crippen molar-refractivity contribution in [2.75, 3.05) is 0 Å². The molecule has 19 heavy (non-hydrogen) atoms. The van der Waals surface area contributed by atoms with E-state index in [4.69, 9.17) is 0 Å². The fraction of sp³-hybridized carbons (Fsp3) is 0.188. The molecule has 0 aromatic heterocycles. The fourth-order valence-electron chi connectivity index (χ4n) is 1.80. The highest BCUT2D eigenvalue weighted by Crippen LogP contribution is 2.10. The van der Waals surface area contributed by atoms with Gasteiger partial charge in [-0.05, 0) is 31.5 Å². The van der Waals surface area contributed by atoms with Crippen LogP contribution in [0.3, 0.4) is 0 Å². The molecule has 0 atom stereocenters. The highest BCUT2D eigenvalue weighted by Gasteiger charge is 2.11. The summed E-state index contributed by atoms with van der Waals surface area (Å²) in [7, 11) is 0. The molecule has 0 saturated carbocycles. The van der Waals surface area contributed by atoms with Gasteiger partial charge in [-0.15, -0.1) is 0 Å². The van der Waals surface area contributed by atoms with Crippen LogP contribution in [0.1, 0.15) is 27.0 Å². The van der Waals surface area contributed by atoms with E-state index in [9.17, 15) is 9.18 Å². The van der Waals surface area contributed by atoms with E-state index < -0.39 is 5.82 Å². The average molecular weight is 257 g/mol. The fourth-order valence-corrected chi connectivity index (χ4v) is 1.80. The maximum atomic E-state index is 13.5. The molecule has 2 aromatic rings. The number of hydrogen-bond acceptors (Lipinski definition) is 1. The first-order valence-electron chi connectivity index (χ1n) is 6.16. The Morgan fingerprint density at radius 3 is 2.37 bits per heavy atom. The first-order chi connectivity index (χ1) is 9.06. The van der Waals surface area contributed by atoms with Gasteiger partial charge in [-0.2, -0.15) is 0 Å². The van der Waals surface area contributed by atoms with Crippen LogP contribution in [0, 0.1) is 19.7 Å². The molecule has 2 aromatic carbocycles. The van der Waals surface area contributed by atoms with Gasteiger partial charge in [-0.3, -0.25) is 4.79 Å². The minimum absolute atomic E-state index is 0.0899. The maximum Gasteiger partial charge on any atom is 0.254 e. The van der Waals surface area contributed by atoms with Crippen molar-refractivity contribution in [3.63, 3.8) is 0 Å². The SMILES string of the molecule is Cc1ccc(CNC(=O)c2cc(C)ccc2F)cc1. The van der Waals surface area contributed by atoms with E-state index in [0.717, 1.165) is 11.1 Å². The Hall–Kier alpha value is -2.16. The van der Waals surface area contributed by atoms with Crippen molar-refractivity contribution >= 4 is 5.91 Å². The van der Waals surface area contributed by atoms with Gasteiger partial charge in [0.2, 0.25) is 0 Å². The summed E-state index contributed by atoms with van der Waals surface area (Å²) in [5, 5.41) is 2.72. The first-order valence-corrected chi connectivity index (χ1v) is 6.16. The number of halogens is 1. The molecule has 0 aliphatic carbocycles. The van der Waals surface area contributed by atoms with E-state index in [1.165, 1.54) is 11.6 Å². The zero-order chi connectivity index (χ0) is 13.8. The Morgan fingerprint density at radius 2 is 1.68 bits per heavy atom. The van der Waals surface area contributed by atoms with Crippen molar-refractivity contribution in [3.8, 4) is 0 Å². The van der Waals surface area contributed by atoms with Gasteiger partial charge < -0.3 is 5.32 Å². The molecule has 0 bridgehead atoms. The normalized spacial score (nSPS) is 10.3. The number of benzene rings is 2. The van der Waals surface area contributed by atoms with Crippen LogP contribution in [0.4, 0.5) is 4.39 Å². The lowest BCUT2D eigenvalue weighted by Crippen LogP contribution is -2.23. The van der Waals surface area contributed by atoms with Crippen molar-refractivity contribution in [1.82, 2.24) is 5.32 Å². The Kier molecular flexibility index (Phi) is 3.95. The number of aryl methyl sites for hydroxylation is 2. The molecular weight excluding hydrogens is 241 g/mol. The van der Waals surface area contributed by atoms with Gasteiger partial charge in [0.15, 0.2) is 0 Å². The zero-order valence-corrected chi connectivity index (χ0v) is 11.0. The number of nitrogens with one attached hydrogen (secondary N) is 1. The summed E-state index contributed by atoms with van der Waals surface area (Å²) in [6, 6.07) is 12.4. The van der Waals surface area contributed by atoms with Crippen LogP contribution in [0.15, 0.2) is 42.5 Å². The zero-order valence-electron chi connectivity index (χ0n) is 11.0. The number of rotatable bonds is 3. The van der Waals surface area contributed by atoms with Crippen molar-refractivity contribution in [2.24, 2.45) is 0 Å². The highest BCUT2D eigenvalue weighted by molar-refractivity contribution is 5.94. The average Bonchev–Trinajstić information content (AvgIpc) is 2.40. The van der Waals surface area contributed by atoms with Crippen LogP contribution in [-0.4, -0.2) is 5.91 Å². The summed E-state index contributed by atoms with van der Waals surface area (Å²) in [5.41, 5.74) is 3.11. The molecule has 0 aliphatic heterocycles. The number of hydrogen-bond donors (Lipinski definition) is 1. The third-order valence-electron chi connectivity index (χ3n) is 2.94. The minimum atomic E-state index is -0.494. The Labute approximate surface area is 112 Å². The molecule has 98 valence electrons. The molecule has 0 unspecified atom stereocenters. The third kappa shape index (κ3) is 3.41. The second-order valence-corrected chi connectivity index (χ2v) is 4.65. The lowest BCUT2D eigenvalue weighted by Gasteiger charge is -2.07. The van der Waals surface area contributed by atoms with Crippen LogP contribution in [0.25, 0.3) is 0 Å². The van der Waals surface area contributed by atoms with Gasteiger partial charge in [0.1, 0.15) is 5.82 Å². The summed E-state index contributed by atoms with van der Waals surface area (Å²) >= 11 is 0. The third-order valence-corrected chi connectivity index (χ3v) is 2.94. The smallest absolute Gasteiger partial charge is 0.254 e. The van der Waals surface area contributed by atoms with Crippen LogP contribution in [0.5, 0.6) is 0 Å². The predicted molar refractivity (Wildman–Crippen MR) is 73.5 cm³/mol. The van der Waals surface area contributed by atoms with Crippen molar-refractivity contribution in [3.05, 3.63) is 70.5 Å². The molecular formula is C16H16FNO. The largest absolute Gasteiger partial charge is 0.348 e. The van der Waals surface area contributed by atoms with Crippen molar-refractivity contribution < 1.29 is 9.18 Å². The van der Waals surface area contributed by atoms with Gasteiger partial charge in [-0.25, -0.2) is 4.39 Å². The first kappa shape index (κ1) is 13.3. The van der Waals surface area contributed by atoms with Crippen LogP contribution in [0.2, 0.25) is 0 Å². The molecule has 1 N–H and O–H groups in total. The lowest BCUT2D eigenvalue weighted by molar-refractivity contribution is 0.0947. The Morgan fingerprint density at radius 1 is 1.05 bits per heavy atom. The quantitative estimate of drug-likeness (QED) is 0.897. The van der Waals surface area contributed by atoms with Crippen molar-refractivity contribution in [1.29, 1.82) is 0 Å². The van der Waals surface area contributed by atoms with Crippen LogP contribution in [-0.2, 0) is 6.54 Å². The highest BCUT2D eigenvalue weighted by atomic mass is 19.1. The lowest BCUT2D eigenvalue weighted by atomic mass is 10.1. The Bertz CT molecular complexity index is 590. The summed E-state index contributed by atoms with van der Waals surface area (Å²) in [5.74, 6) is -0.881. The van der Waals surface area contributed by atoms with Gasteiger partial charge in [0.25, 0.3) is 5.91 Å². The van der Waals surface area contributed by atoms with E-state index >= 15 is 0 Å². The summed E-state index contributed by atoms with van der Waals surface area (Å²) in [4.78, 5) is 11.9. The van der Waals surface area contributed by atoms with E-state index in [1.807, 2.05) is 38.1 Å². The molecule has 0 radical (unpaired) electrons. The number of carbonyl (C=O) groups is 1. The second-order valence-electron chi connectivity index (χ2n) is 4.65.